The van der Waals surface area contributed by atoms with Crippen molar-refractivity contribution in [2.24, 2.45) is 17.6 Å². The van der Waals surface area contributed by atoms with Crippen molar-refractivity contribution in [2.75, 3.05) is 13.2 Å². The molecule has 1 unspecified atom stereocenters. The highest BCUT2D eigenvalue weighted by Gasteiger charge is 2.43. The van der Waals surface area contributed by atoms with Crippen LogP contribution in [0.1, 0.15) is 42.1 Å². The molecule has 1 aromatic carbocycles. The van der Waals surface area contributed by atoms with E-state index in [1.807, 2.05) is 18.2 Å². The molecule has 0 spiro atoms. The third-order valence-electron chi connectivity index (χ3n) is 5.57. The number of piperidine rings is 1. The summed E-state index contributed by atoms with van der Waals surface area (Å²) in [6.45, 7) is 4.26. The maximum absolute atomic E-state index is 14.5. The molecule has 3 atom stereocenters. The van der Waals surface area contributed by atoms with Crippen molar-refractivity contribution in [1.82, 2.24) is 4.90 Å². The van der Waals surface area contributed by atoms with Gasteiger partial charge in [-0.1, -0.05) is 24.3 Å². The van der Waals surface area contributed by atoms with Crippen LogP contribution in [0.5, 0.6) is 0 Å². The molecule has 28 heavy (non-hydrogen) atoms. The summed E-state index contributed by atoms with van der Waals surface area (Å²) in [5.41, 5.74) is 7.18. The molecule has 6 heteroatoms. The number of benzene rings is 1. The molecule has 1 saturated heterocycles. The minimum absolute atomic E-state index is 0.0713. The fourth-order valence-electron chi connectivity index (χ4n) is 4.24. The van der Waals surface area contributed by atoms with E-state index in [0.717, 1.165) is 0 Å². The number of esters is 1. The summed E-state index contributed by atoms with van der Waals surface area (Å²) < 4.78 is 19.8. The van der Waals surface area contributed by atoms with Gasteiger partial charge in [-0.2, -0.15) is 0 Å². The summed E-state index contributed by atoms with van der Waals surface area (Å²) in [5, 5.41) is 0. The number of hydrogen-bond acceptors (Lipinski definition) is 4. The predicted molar refractivity (Wildman–Crippen MR) is 105 cm³/mol. The number of ether oxygens (including phenoxy) is 1. The van der Waals surface area contributed by atoms with Crippen LogP contribution in [-0.2, 0) is 9.53 Å². The summed E-state index contributed by atoms with van der Waals surface area (Å²) in [6, 6.07) is 4.22. The smallest absolute Gasteiger partial charge is 0.311 e. The molecule has 1 aromatic rings. The molecule has 1 heterocycles. The highest BCUT2D eigenvalue weighted by molar-refractivity contribution is 5.96. The minimum Gasteiger partial charge on any atom is -0.466 e. The molecule has 0 bridgehead atoms. The molecule has 2 aliphatic rings. The topological polar surface area (TPSA) is 72.6 Å². The molecule has 2 N–H and O–H groups in total. The van der Waals surface area contributed by atoms with Gasteiger partial charge in [-0.05, 0) is 50.8 Å². The molecule has 1 amide bonds. The number of aryl methyl sites for hydroxylation is 1. The molecular weight excluding hydrogens is 359 g/mol. The van der Waals surface area contributed by atoms with Crippen molar-refractivity contribution in [2.45, 2.75) is 39.2 Å². The molecule has 150 valence electrons. The van der Waals surface area contributed by atoms with Crippen molar-refractivity contribution in [3.63, 3.8) is 0 Å². The Balaban J connectivity index is 1.98. The number of carbonyl (C=O) groups is 2. The van der Waals surface area contributed by atoms with Gasteiger partial charge in [0.1, 0.15) is 5.82 Å². The largest absolute Gasteiger partial charge is 0.466 e. The summed E-state index contributed by atoms with van der Waals surface area (Å²) >= 11 is 0. The Morgan fingerprint density at radius 3 is 2.79 bits per heavy atom. The lowest BCUT2D eigenvalue weighted by Crippen LogP contribution is -2.54. The minimum atomic E-state index is -0.537. The summed E-state index contributed by atoms with van der Waals surface area (Å²) in [6.07, 6.45) is 7.61. The van der Waals surface area contributed by atoms with Gasteiger partial charge in [-0.25, -0.2) is 4.39 Å². The van der Waals surface area contributed by atoms with E-state index in [1.165, 1.54) is 6.07 Å². The maximum Gasteiger partial charge on any atom is 0.311 e. The number of nitrogens with zero attached hydrogens (tertiary/aromatic N) is 1. The number of carbonyl (C=O) groups excluding carboxylic acids is 2. The highest BCUT2D eigenvalue weighted by atomic mass is 19.1. The van der Waals surface area contributed by atoms with E-state index in [1.54, 1.807) is 30.9 Å². The van der Waals surface area contributed by atoms with E-state index in [4.69, 9.17) is 10.5 Å². The number of halogens is 1. The first-order chi connectivity index (χ1) is 13.4. The van der Waals surface area contributed by atoms with Crippen LogP contribution in [0.3, 0.4) is 0 Å². The van der Waals surface area contributed by atoms with Crippen LogP contribution < -0.4 is 5.73 Å². The molecular formula is C22H27FN2O3. The van der Waals surface area contributed by atoms with Crippen LogP contribution >= 0.6 is 0 Å². The van der Waals surface area contributed by atoms with Gasteiger partial charge >= 0.3 is 5.97 Å². The average Bonchev–Trinajstić information content (AvgIpc) is 2.68. The van der Waals surface area contributed by atoms with Gasteiger partial charge in [0.25, 0.3) is 5.91 Å². The molecule has 1 aliphatic carbocycles. The normalized spacial score (nSPS) is 24.6. The SMILES string of the molecule is CCOC(=O)[C@H]1CCCN(C(=O)c2c(C)cccc2F)C1[C@@H]1C=CC(N)=CC1. The first-order valence-corrected chi connectivity index (χ1v) is 9.80. The Bertz CT molecular complexity index is 798. The van der Waals surface area contributed by atoms with Crippen molar-refractivity contribution in [1.29, 1.82) is 0 Å². The Morgan fingerprint density at radius 1 is 1.36 bits per heavy atom. The predicted octanol–water partition coefficient (Wildman–Crippen LogP) is 3.34. The number of allylic oxidation sites excluding steroid dienone is 2. The Labute approximate surface area is 165 Å². The Hall–Kier alpha value is -2.63. The number of likely N-dealkylation sites (tertiary alicyclic amines) is 1. The molecule has 0 saturated carbocycles. The van der Waals surface area contributed by atoms with Gasteiger partial charge < -0.3 is 15.4 Å². The first kappa shape index (κ1) is 20.1. The molecule has 0 aromatic heterocycles. The Morgan fingerprint density at radius 2 is 2.14 bits per heavy atom. The molecule has 1 aliphatic heterocycles. The van der Waals surface area contributed by atoms with Gasteiger partial charge in [0.15, 0.2) is 0 Å². The van der Waals surface area contributed by atoms with E-state index in [-0.39, 0.29) is 36.0 Å². The van der Waals surface area contributed by atoms with E-state index in [9.17, 15) is 14.0 Å². The average molecular weight is 386 g/mol. The van der Waals surface area contributed by atoms with Crippen LogP contribution in [-0.4, -0.2) is 36.0 Å². The molecule has 5 nitrogen and oxygen atoms in total. The fraction of sp³-hybridized carbons (Fsp3) is 0.455. The van der Waals surface area contributed by atoms with E-state index in [0.29, 0.717) is 37.1 Å². The van der Waals surface area contributed by atoms with Crippen molar-refractivity contribution in [3.05, 3.63) is 59.1 Å². The lowest BCUT2D eigenvalue weighted by atomic mass is 9.78. The van der Waals surface area contributed by atoms with Crippen LogP contribution in [0.4, 0.5) is 4.39 Å². The van der Waals surface area contributed by atoms with Gasteiger partial charge in [0.05, 0.1) is 24.1 Å². The highest BCUT2D eigenvalue weighted by Crippen LogP contribution is 2.35. The fourth-order valence-corrected chi connectivity index (χ4v) is 4.24. The van der Waals surface area contributed by atoms with E-state index >= 15 is 0 Å². The first-order valence-electron chi connectivity index (χ1n) is 9.80. The monoisotopic (exact) mass is 386 g/mol. The van der Waals surface area contributed by atoms with Crippen LogP contribution in [0.2, 0.25) is 0 Å². The number of rotatable bonds is 4. The number of nitrogens with two attached hydrogens (primary N) is 1. The van der Waals surface area contributed by atoms with Crippen LogP contribution in [0.15, 0.2) is 42.1 Å². The number of amides is 1. The van der Waals surface area contributed by atoms with E-state index < -0.39 is 11.7 Å². The lowest BCUT2D eigenvalue weighted by molar-refractivity contribution is -0.152. The zero-order valence-corrected chi connectivity index (χ0v) is 16.4. The van der Waals surface area contributed by atoms with E-state index in [2.05, 4.69) is 0 Å². The third-order valence-corrected chi connectivity index (χ3v) is 5.57. The zero-order valence-electron chi connectivity index (χ0n) is 16.4. The maximum atomic E-state index is 14.5. The summed E-state index contributed by atoms with van der Waals surface area (Å²) in [5.74, 6) is -1.72. The van der Waals surface area contributed by atoms with Gasteiger partial charge in [0.2, 0.25) is 0 Å². The van der Waals surface area contributed by atoms with Gasteiger partial charge in [0, 0.05) is 18.2 Å². The second-order valence-electron chi connectivity index (χ2n) is 7.38. The quantitative estimate of drug-likeness (QED) is 0.806. The molecule has 3 rings (SSSR count). The van der Waals surface area contributed by atoms with Crippen LogP contribution in [0.25, 0.3) is 0 Å². The van der Waals surface area contributed by atoms with Crippen molar-refractivity contribution in [3.8, 4) is 0 Å². The summed E-state index contributed by atoms with van der Waals surface area (Å²) in [4.78, 5) is 27.7. The third kappa shape index (κ3) is 3.96. The van der Waals surface area contributed by atoms with Crippen LogP contribution in [0, 0.1) is 24.6 Å². The second-order valence-corrected chi connectivity index (χ2v) is 7.38. The lowest BCUT2D eigenvalue weighted by Gasteiger charge is -2.44. The summed E-state index contributed by atoms with van der Waals surface area (Å²) in [7, 11) is 0. The standard InChI is InChI=1S/C22H27FN2O3/c1-3-28-22(27)17-7-5-13-25(20(17)15-9-11-16(24)12-10-15)21(26)19-14(2)6-4-8-18(19)23/h4,6,8-9,11-12,15,17,20H,3,5,7,10,13,24H2,1-2H3/t15-,17+,20?/m1/s1. The van der Waals surface area contributed by atoms with Crippen molar-refractivity contribution >= 4 is 11.9 Å². The van der Waals surface area contributed by atoms with Crippen molar-refractivity contribution < 1.29 is 18.7 Å². The molecule has 0 radical (unpaired) electrons. The second kappa shape index (κ2) is 8.59. The molecule has 1 fully saturated rings. The number of hydrogen-bond donors (Lipinski definition) is 1. The zero-order chi connectivity index (χ0) is 20.3. The van der Waals surface area contributed by atoms with Gasteiger partial charge in [-0.3, -0.25) is 9.59 Å². The Kier molecular flexibility index (Phi) is 6.17. The van der Waals surface area contributed by atoms with Gasteiger partial charge in [-0.15, -0.1) is 0 Å².